The first-order valence-electron chi connectivity index (χ1n) is 8.80. The fourth-order valence-electron chi connectivity index (χ4n) is 6.58. The highest BCUT2D eigenvalue weighted by Crippen LogP contribution is 2.60. The predicted molar refractivity (Wildman–Crippen MR) is 87.3 cm³/mol. The Hall–Kier alpha value is -0.380. The van der Waals surface area contributed by atoms with Gasteiger partial charge in [-0.05, 0) is 79.2 Å². The molecule has 0 spiro atoms. The minimum absolute atomic E-state index is 0.340. The van der Waals surface area contributed by atoms with Gasteiger partial charge in [0.1, 0.15) is 0 Å². The Balaban J connectivity index is 1.51. The SMILES string of the molecule is NCC1(N2CCc3sccc3C2)C2CC3CC(C2)CC1C3. The maximum absolute atomic E-state index is 6.48. The van der Waals surface area contributed by atoms with E-state index in [9.17, 15) is 0 Å². The van der Waals surface area contributed by atoms with Gasteiger partial charge in [0.05, 0.1) is 0 Å². The summed E-state index contributed by atoms with van der Waals surface area (Å²) >= 11 is 1.95. The van der Waals surface area contributed by atoms with Crippen LogP contribution < -0.4 is 5.73 Å². The average molecular weight is 302 g/mol. The highest BCUT2D eigenvalue weighted by Gasteiger charge is 2.59. The molecule has 0 radical (unpaired) electrons. The quantitative estimate of drug-likeness (QED) is 0.908. The molecule has 6 rings (SSSR count). The molecular weight excluding hydrogens is 276 g/mol. The van der Waals surface area contributed by atoms with Crippen LogP contribution in [0.5, 0.6) is 0 Å². The fourth-order valence-corrected chi connectivity index (χ4v) is 7.47. The number of fused-ring (bicyclic) bond motifs is 1. The number of hydrogen-bond donors (Lipinski definition) is 1. The van der Waals surface area contributed by atoms with Crippen LogP contribution in [0.2, 0.25) is 0 Å². The summed E-state index contributed by atoms with van der Waals surface area (Å²) in [4.78, 5) is 4.46. The summed E-state index contributed by atoms with van der Waals surface area (Å²) in [6.45, 7) is 3.30. The van der Waals surface area contributed by atoms with E-state index < -0.39 is 0 Å². The second-order valence-corrected chi connectivity index (χ2v) is 9.04. The molecule has 5 aliphatic rings. The number of hydrogen-bond acceptors (Lipinski definition) is 3. The Labute approximate surface area is 131 Å². The monoisotopic (exact) mass is 302 g/mol. The Morgan fingerprint density at radius 3 is 2.52 bits per heavy atom. The summed E-state index contributed by atoms with van der Waals surface area (Å²) in [5, 5.41) is 2.28. The standard InChI is InChI=1S/C18H26N2S/c19-11-18(20-3-1-17-14(10-20)2-4-21-17)15-6-12-5-13(8-15)9-16(18)7-12/h2,4,12-13,15-16H,1,3,5-11,19H2. The second-order valence-electron chi connectivity index (χ2n) is 8.04. The van der Waals surface area contributed by atoms with Gasteiger partial charge in [0.25, 0.3) is 0 Å². The van der Waals surface area contributed by atoms with Gasteiger partial charge < -0.3 is 5.73 Å². The zero-order valence-electron chi connectivity index (χ0n) is 12.8. The molecule has 114 valence electrons. The molecule has 3 heteroatoms. The Morgan fingerprint density at radius 1 is 1.14 bits per heavy atom. The normalized spacial score (nSPS) is 45.0. The molecule has 1 aromatic rings. The van der Waals surface area contributed by atoms with Crippen molar-refractivity contribution in [3.05, 3.63) is 21.9 Å². The van der Waals surface area contributed by atoms with Crippen molar-refractivity contribution in [1.29, 1.82) is 0 Å². The first-order valence-corrected chi connectivity index (χ1v) is 9.68. The van der Waals surface area contributed by atoms with Gasteiger partial charge in [0, 0.05) is 30.1 Å². The minimum atomic E-state index is 0.340. The van der Waals surface area contributed by atoms with Gasteiger partial charge >= 0.3 is 0 Å². The lowest BCUT2D eigenvalue weighted by molar-refractivity contribution is -0.136. The van der Waals surface area contributed by atoms with E-state index in [-0.39, 0.29) is 0 Å². The molecule has 4 fully saturated rings. The van der Waals surface area contributed by atoms with E-state index in [1.807, 2.05) is 11.3 Å². The van der Waals surface area contributed by atoms with E-state index in [4.69, 9.17) is 5.73 Å². The lowest BCUT2D eigenvalue weighted by Crippen LogP contribution is -2.69. The van der Waals surface area contributed by atoms with Crippen LogP contribution in [0.15, 0.2) is 11.4 Å². The molecule has 4 saturated carbocycles. The summed E-state index contributed by atoms with van der Waals surface area (Å²) in [5.41, 5.74) is 8.41. The van der Waals surface area contributed by atoms with E-state index in [2.05, 4.69) is 16.3 Å². The number of rotatable bonds is 2. The van der Waals surface area contributed by atoms with Crippen molar-refractivity contribution in [1.82, 2.24) is 4.90 Å². The molecule has 1 aromatic heterocycles. The smallest absolute Gasteiger partial charge is 0.0391 e. The second kappa shape index (κ2) is 4.56. The molecular formula is C18H26N2S. The highest BCUT2D eigenvalue weighted by atomic mass is 32.1. The van der Waals surface area contributed by atoms with Crippen molar-refractivity contribution in [2.75, 3.05) is 13.1 Å². The van der Waals surface area contributed by atoms with Crippen LogP contribution in [-0.2, 0) is 13.0 Å². The molecule has 4 aliphatic carbocycles. The maximum atomic E-state index is 6.48. The molecule has 4 bridgehead atoms. The zero-order chi connectivity index (χ0) is 14.0. The van der Waals surface area contributed by atoms with Gasteiger partial charge in [-0.25, -0.2) is 0 Å². The van der Waals surface area contributed by atoms with Crippen molar-refractivity contribution >= 4 is 11.3 Å². The van der Waals surface area contributed by atoms with Crippen molar-refractivity contribution in [3.63, 3.8) is 0 Å². The molecule has 21 heavy (non-hydrogen) atoms. The van der Waals surface area contributed by atoms with Crippen LogP contribution in [0.1, 0.15) is 42.5 Å². The Bertz CT molecular complexity index is 521. The average Bonchev–Trinajstić information content (AvgIpc) is 2.95. The summed E-state index contributed by atoms with van der Waals surface area (Å²) in [6, 6.07) is 2.35. The van der Waals surface area contributed by atoms with Crippen LogP contribution in [0.25, 0.3) is 0 Å². The van der Waals surface area contributed by atoms with Gasteiger partial charge in [-0.2, -0.15) is 0 Å². The van der Waals surface area contributed by atoms with Gasteiger partial charge in [0.2, 0.25) is 0 Å². The third kappa shape index (κ3) is 1.71. The molecule has 2 N–H and O–H groups in total. The largest absolute Gasteiger partial charge is 0.329 e. The van der Waals surface area contributed by atoms with Crippen molar-refractivity contribution in [2.45, 2.75) is 50.6 Å². The van der Waals surface area contributed by atoms with Crippen LogP contribution >= 0.6 is 11.3 Å². The van der Waals surface area contributed by atoms with Crippen molar-refractivity contribution < 1.29 is 0 Å². The van der Waals surface area contributed by atoms with E-state index >= 15 is 0 Å². The van der Waals surface area contributed by atoms with Crippen LogP contribution in [0, 0.1) is 23.7 Å². The molecule has 0 atom stereocenters. The summed E-state index contributed by atoms with van der Waals surface area (Å²) in [6.07, 6.45) is 8.66. The first kappa shape index (κ1) is 13.1. The number of nitrogens with zero attached hydrogens (tertiary/aromatic N) is 1. The van der Waals surface area contributed by atoms with E-state index in [1.54, 1.807) is 10.4 Å². The first-order chi connectivity index (χ1) is 10.3. The maximum Gasteiger partial charge on any atom is 0.0391 e. The molecule has 0 amide bonds. The molecule has 1 aliphatic heterocycles. The third-order valence-corrected chi connectivity index (χ3v) is 8.30. The van der Waals surface area contributed by atoms with Crippen molar-refractivity contribution in [3.8, 4) is 0 Å². The predicted octanol–water partition coefficient (Wildman–Crippen LogP) is 3.26. The van der Waals surface area contributed by atoms with Crippen LogP contribution in [0.3, 0.4) is 0 Å². The Morgan fingerprint density at radius 2 is 1.86 bits per heavy atom. The third-order valence-electron chi connectivity index (χ3n) is 7.28. The summed E-state index contributed by atoms with van der Waals surface area (Å²) in [5.74, 6) is 3.85. The highest BCUT2D eigenvalue weighted by molar-refractivity contribution is 7.10. The molecule has 0 unspecified atom stereocenters. The zero-order valence-corrected chi connectivity index (χ0v) is 13.6. The summed E-state index contributed by atoms with van der Waals surface area (Å²) < 4.78 is 0. The topological polar surface area (TPSA) is 29.3 Å². The molecule has 0 saturated heterocycles. The van der Waals surface area contributed by atoms with Crippen LogP contribution in [-0.4, -0.2) is 23.5 Å². The van der Waals surface area contributed by atoms with E-state index in [0.717, 1.165) is 30.2 Å². The van der Waals surface area contributed by atoms with Crippen molar-refractivity contribution in [2.24, 2.45) is 29.4 Å². The van der Waals surface area contributed by atoms with Gasteiger partial charge in [0.15, 0.2) is 0 Å². The molecule has 2 nitrogen and oxygen atoms in total. The summed E-state index contributed by atoms with van der Waals surface area (Å²) in [7, 11) is 0. The lowest BCUT2D eigenvalue weighted by Gasteiger charge is -2.65. The van der Waals surface area contributed by atoms with Gasteiger partial charge in [-0.3, -0.25) is 4.90 Å². The van der Waals surface area contributed by atoms with E-state index in [0.29, 0.717) is 5.54 Å². The molecule has 0 aromatic carbocycles. The van der Waals surface area contributed by atoms with Gasteiger partial charge in [-0.15, -0.1) is 11.3 Å². The van der Waals surface area contributed by atoms with Gasteiger partial charge in [-0.1, -0.05) is 0 Å². The number of thiophene rings is 1. The molecule has 2 heterocycles. The lowest BCUT2D eigenvalue weighted by atomic mass is 9.48. The van der Waals surface area contributed by atoms with Crippen LogP contribution in [0.4, 0.5) is 0 Å². The Kier molecular flexibility index (Phi) is 2.84. The fraction of sp³-hybridized carbons (Fsp3) is 0.778. The minimum Gasteiger partial charge on any atom is -0.329 e. The number of nitrogens with two attached hydrogens (primary N) is 1. The van der Waals surface area contributed by atoms with E-state index in [1.165, 1.54) is 51.6 Å².